The topological polar surface area (TPSA) is 72.4 Å². The molecule has 0 aliphatic carbocycles. The van der Waals surface area contributed by atoms with Crippen LogP contribution in [0.4, 0.5) is 5.95 Å². The highest BCUT2D eigenvalue weighted by atomic mass is 35.5. The van der Waals surface area contributed by atoms with E-state index in [-0.39, 0.29) is 0 Å². The van der Waals surface area contributed by atoms with Crippen molar-refractivity contribution in [2.75, 3.05) is 12.4 Å². The summed E-state index contributed by atoms with van der Waals surface area (Å²) in [5.41, 5.74) is 2.80. The number of nitrogens with zero attached hydrogens (tertiary/aromatic N) is 6. The molecule has 0 aliphatic rings. The van der Waals surface area contributed by atoms with Crippen LogP contribution in [-0.2, 0) is 0 Å². The smallest absolute Gasteiger partial charge is 0.240 e. The van der Waals surface area contributed by atoms with E-state index in [1.807, 2.05) is 18.5 Å². The minimum absolute atomic E-state index is 0.525. The highest BCUT2D eigenvalue weighted by Gasteiger charge is 2.10. The SMILES string of the molecule is CNc1ncc2c(-c3cnc4ncc(Cl)n4c3)ccn2n1. The normalized spacial score (nSPS) is 11.3. The van der Waals surface area contributed by atoms with E-state index in [2.05, 4.69) is 25.4 Å². The lowest BCUT2D eigenvalue weighted by Crippen LogP contribution is -2.00. The Hall–Kier alpha value is -2.67. The summed E-state index contributed by atoms with van der Waals surface area (Å²) in [6.07, 6.45) is 8.90. The molecule has 4 heterocycles. The maximum Gasteiger partial charge on any atom is 0.240 e. The molecule has 8 heteroatoms. The third-order valence-corrected chi connectivity index (χ3v) is 3.55. The number of anilines is 1. The molecule has 104 valence electrons. The summed E-state index contributed by atoms with van der Waals surface area (Å²) in [4.78, 5) is 12.7. The van der Waals surface area contributed by atoms with Crippen LogP contribution in [0.3, 0.4) is 0 Å². The molecule has 0 amide bonds. The Morgan fingerprint density at radius 2 is 2.00 bits per heavy atom. The van der Waals surface area contributed by atoms with Gasteiger partial charge < -0.3 is 5.32 Å². The maximum atomic E-state index is 6.09. The quantitative estimate of drug-likeness (QED) is 0.614. The molecule has 4 aromatic rings. The fourth-order valence-electron chi connectivity index (χ4n) is 2.24. The first-order valence-electron chi connectivity index (χ1n) is 6.27. The summed E-state index contributed by atoms with van der Waals surface area (Å²) in [5, 5.41) is 7.77. The molecule has 0 fully saturated rings. The molecule has 21 heavy (non-hydrogen) atoms. The van der Waals surface area contributed by atoms with Gasteiger partial charge in [-0.05, 0) is 6.07 Å². The summed E-state index contributed by atoms with van der Waals surface area (Å²) in [7, 11) is 1.78. The highest BCUT2D eigenvalue weighted by molar-refractivity contribution is 6.29. The Balaban J connectivity index is 1.93. The molecule has 4 rings (SSSR count). The van der Waals surface area contributed by atoms with Crippen molar-refractivity contribution in [3.05, 3.63) is 42.2 Å². The van der Waals surface area contributed by atoms with Gasteiger partial charge in [0.25, 0.3) is 0 Å². The van der Waals surface area contributed by atoms with Gasteiger partial charge in [-0.15, -0.1) is 5.10 Å². The van der Waals surface area contributed by atoms with Crippen molar-refractivity contribution in [3.63, 3.8) is 0 Å². The molecule has 0 atom stereocenters. The molecule has 0 saturated heterocycles. The van der Waals surface area contributed by atoms with E-state index in [4.69, 9.17) is 11.6 Å². The third-order valence-electron chi connectivity index (χ3n) is 3.27. The second-order valence-electron chi connectivity index (χ2n) is 4.48. The van der Waals surface area contributed by atoms with Gasteiger partial charge in [-0.3, -0.25) is 4.40 Å². The minimum Gasteiger partial charge on any atom is -0.356 e. The number of aromatic nitrogens is 6. The number of halogens is 1. The second-order valence-corrected chi connectivity index (χ2v) is 4.87. The van der Waals surface area contributed by atoms with Gasteiger partial charge in [0.2, 0.25) is 11.7 Å². The van der Waals surface area contributed by atoms with Crippen molar-refractivity contribution >= 4 is 28.8 Å². The van der Waals surface area contributed by atoms with Crippen LogP contribution in [0.25, 0.3) is 22.4 Å². The van der Waals surface area contributed by atoms with Crippen molar-refractivity contribution in [1.82, 2.24) is 29.0 Å². The Bertz CT molecular complexity index is 956. The van der Waals surface area contributed by atoms with Gasteiger partial charge in [-0.25, -0.2) is 19.5 Å². The molecule has 0 unspecified atom stereocenters. The average molecular weight is 300 g/mol. The molecule has 0 saturated carbocycles. The lowest BCUT2D eigenvalue weighted by molar-refractivity contribution is 0.909. The Morgan fingerprint density at radius 1 is 1.14 bits per heavy atom. The van der Waals surface area contributed by atoms with Crippen molar-refractivity contribution in [3.8, 4) is 11.1 Å². The largest absolute Gasteiger partial charge is 0.356 e. The van der Waals surface area contributed by atoms with E-state index < -0.39 is 0 Å². The first kappa shape index (κ1) is 12.1. The monoisotopic (exact) mass is 299 g/mol. The molecule has 0 aliphatic heterocycles. The summed E-state index contributed by atoms with van der Waals surface area (Å²) in [6.45, 7) is 0. The van der Waals surface area contributed by atoms with E-state index in [9.17, 15) is 0 Å². The van der Waals surface area contributed by atoms with Crippen LogP contribution in [0, 0.1) is 0 Å². The Kier molecular flexibility index (Phi) is 2.55. The van der Waals surface area contributed by atoms with Gasteiger partial charge in [0.1, 0.15) is 5.15 Å². The van der Waals surface area contributed by atoms with Crippen LogP contribution in [0.5, 0.6) is 0 Å². The number of hydrogen-bond donors (Lipinski definition) is 1. The van der Waals surface area contributed by atoms with Gasteiger partial charge in [0.15, 0.2) is 0 Å². The fourth-order valence-corrected chi connectivity index (χ4v) is 2.42. The first-order valence-corrected chi connectivity index (χ1v) is 6.65. The lowest BCUT2D eigenvalue weighted by Gasteiger charge is -2.03. The molecule has 0 spiro atoms. The highest BCUT2D eigenvalue weighted by Crippen LogP contribution is 2.25. The molecular formula is C13H10ClN7. The predicted molar refractivity (Wildman–Crippen MR) is 79.5 cm³/mol. The zero-order valence-electron chi connectivity index (χ0n) is 11.0. The summed E-state index contributed by atoms with van der Waals surface area (Å²) >= 11 is 6.09. The molecule has 0 radical (unpaired) electrons. The molecule has 7 nitrogen and oxygen atoms in total. The minimum atomic E-state index is 0.525. The number of hydrogen-bond acceptors (Lipinski definition) is 5. The van der Waals surface area contributed by atoms with Crippen LogP contribution in [0.2, 0.25) is 5.15 Å². The van der Waals surface area contributed by atoms with Gasteiger partial charge in [0.05, 0.1) is 17.9 Å². The van der Waals surface area contributed by atoms with E-state index in [1.54, 1.807) is 34.6 Å². The Labute approximate surface area is 124 Å². The number of nitrogens with one attached hydrogen (secondary N) is 1. The average Bonchev–Trinajstić information content (AvgIpc) is 3.10. The number of rotatable bonds is 2. The second kappa shape index (κ2) is 4.42. The van der Waals surface area contributed by atoms with Crippen molar-refractivity contribution in [2.45, 2.75) is 0 Å². The van der Waals surface area contributed by atoms with E-state index in [0.717, 1.165) is 16.6 Å². The lowest BCUT2D eigenvalue weighted by atomic mass is 10.1. The fraction of sp³-hybridized carbons (Fsp3) is 0.0769. The molecule has 0 aromatic carbocycles. The third kappa shape index (κ3) is 1.82. The van der Waals surface area contributed by atoms with Crippen LogP contribution in [-0.4, -0.2) is 36.0 Å². The number of fused-ring (bicyclic) bond motifs is 2. The summed E-state index contributed by atoms with van der Waals surface area (Å²) in [6, 6.07) is 1.97. The van der Waals surface area contributed by atoms with Crippen molar-refractivity contribution < 1.29 is 0 Å². The zero-order chi connectivity index (χ0) is 14.4. The van der Waals surface area contributed by atoms with Crippen LogP contribution >= 0.6 is 11.6 Å². The standard InChI is InChI=1S/C13H10ClN7/c1-15-12-16-5-10-9(2-3-21(10)19-12)8-4-17-13-18-6-11(14)20(13)7-8/h2-7H,1H3,(H,15,19). The number of imidazole rings is 1. The van der Waals surface area contributed by atoms with Gasteiger partial charge in [-0.2, -0.15) is 0 Å². The zero-order valence-corrected chi connectivity index (χ0v) is 11.8. The first-order chi connectivity index (χ1) is 10.3. The van der Waals surface area contributed by atoms with Crippen LogP contribution in [0.15, 0.2) is 37.1 Å². The summed E-state index contributed by atoms with van der Waals surface area (Å²) in [5.74, 6) is 1.14. The molecule has 0 bridgehead atoms. The maximum absolute atomic E-state index is 6.09. The van der Waals surface area contributed by atoms with Gasteiger partial charge in [0, 0.05) is 36.8 Å². The van der Waals surface area contributed by atoms with E-state index >= 15 is 0 Å². The van der Waals surface area contributed by atoms with Crippen molar-refractivity contribution in [1.29, 1.82) is 0 Å². The molecule has 1 N–H and O–H groups in total. The van der Waals surface area contributed by atoms with Crippen LogP contribution < -0.4 is 5.32 Å². The van der Waals surface area contributed by atoms with Gasteiger partial charge >= 0.3 is 0 Å². The molecule has 4 aromatic heterocycles. The summed E-state index contributed by atoms with van der Waals surface area (Å²) < 4.78 is 3.51. The molecular weight excluding hydrogens is 290 g/mol. The van der Waals surface area contributed by atoms with E-state index in [1.165, 1.54) is 0 Å². The Morgan fingerprint density at radius 3 is 2.86 bits per heavy atom. The van der Waals surface area contributed by atoms with Crippen molar-refractivity contribution in [2.24, 2.45) is 0 Å². The van der Waals surface area contributed by atoms with Gasteiger partial charge in [-0.1, -0.05) is 11.6 Å². The predicted octanol–water partition coefficient (Wildman–Crippen LogP) is 2.13. The van der Waals surface area contributed by atoms with E-state index in [0.29, 0.717) is 16.9 Å². The van der Waals surface area contributed by atoms with Crippen LogP contribution in [0.1, 0.15) is 0 Å².